The molecule has 1 amide bonds. The van der Waals surface area contributed by atoms with Crippen LogP contribution in [0.15, 0.2) is 64.7 Å². The first kappa shape index (κ1) is 17.2. The van der Waals surface area contributed by atoms with E-state index in [1.165, 1.54) is 11.3 Å². The van der Waals surface area contributed by atoms with Crippen LogP contribution in [0.4, 0.5) is 0 Å². The minimum Gasteiger partial charge on any atom is -0.464 e. The molecule has 3 aromatic heterocycles. The summed E-state index contributed by atoms with van der Waals surface area (Å²) >= 11 is 1.42. The van der Waals surface area contributed by atoms with E-state index in [4.69, 9.17) is 4.42 Å². The van der Waals surface area contributed by atoms with Crippen molar-refractivity contribution in [2.24, 2.45) is 0 Å². The molecule has 1 atom stereocenters. The average Bonchev–Trinajstić information content (AvgIpc) is 3.42. The molecule has 0 aliphatic carbocycles. The maximum absolute atomic E-state index is 12.5. The van der Waals surface area contributed by atoms with E-state index in [9.17, 15) is 4.79 Å². The van der Waals surface area contributed by atoms with E-state index in [-0.39, 0.29) is 11.9 Å². The number of aryl methyl sites for hydroxylation is 1. The third-order valence-electron chi connectivity index (χ3n) is 4.12. The fourth-order valence-corrected chi connectivity index (χ4v) is 3.47. The van der Waals surface area contributed by atoms with Crippen molar-refractivity contribution in [3.63, 3.8) is 0 Å². The highest BCUT2D eigenvalue weighted by molar-refractivity contribution is 7.13. The van der Waals surface area contributed by atoms with E-state index in [1.807, 2.05) is 62.5 Å². The van der Waals surface area contributed by atoms with E-state index in [2.05, 4.69) is 15.4 Å². The number of hydrogen-bond donors (Lipinski definition) is 1. The topological polar surface area (TPSA) is 73.0 Å². The van der Waals surface area contributed by atoms with Crippen molar-refractivity contribution in [2.75, 3.05) is 0 Å². The van der Waals surface area contributed by atoms with Gasteiger partial charge in [-0.05, 0) is 38.1 Å². The number of thiazole rings is 1. The Morgan fingerprint density at radius 2 is 2.04 bits per heavy atom. The van der Waals surface area contributed by atoms with Crippen LogP contribution in [0.1, 0.15) is 35.0 Å². The van der Waals surface area contributed by atoms with Crippen LogP contribution in [0.25, 0.3) is 16.3 Å². The van der Waals surface area contributed by atoms with Crippen molar-refractivity contribution in [3.05, 3.63) is 77.5 Å². The molecule has 27 heavy (non-hydrogen) atoms. The van der Waals surface area contributed by atoms with Crippen molar-refractivity contribution in [2.45, 2.75) is 19.9 Å². The molecular weight excluding hydrogens is 360 g/mol. The predicted octanol–water partition coefficient (Wildman–Crippen LogP) is 4.39. The van der Waals surface area contributed by atoms with Gasteiger partial charge in [0.1, 0.15) is 22.2 Å². The first-order valence-corrected chi connectivity index (χ1v) is 9.41. The number of nitrogens with one attached hydrogen (secondary N) is 1. The summed E-state index contributed by atoms with van der Waals surface area (Å²) in [5.41, 5.74) is 2.23. The Labute approximate surface area is 160 Å². The lowest BCUT2D eigenvalue weighted by molar-refractivity contribution is 0.0931. The molecule has 0 saturated heterocycles. The number of hydrogen-bond acceptors (Lipinski definition) is 5. The van der Waals surface area contributed by atoms with Crippen LogP contribution in [-0.2, 0) is 0 Å². The van der Waals surface area contributed by atoms with Crippen LogP contribution >= 0.6 is 11.3 Å². The van der Waals surface area contributed by atoms with Crippen LogP contribution in [0.5, 0.6) is 0 Å². The Bertz CT molecular complexity index is 1060. The number of nitrogens with zero attached hydrogens (tertiary/aromatic N) is 3. The molecule has 1 N–H and O–H groups in total. The predicted molar refractivity (Wildman–Crippen MR) is 104 cm³/mol. The molecule has 4 rings (SSSR count). The second-order valence-corrected chi connectivity index (χ2v) is 7.05. The molecule has 4 aromatic rings. The second-order valence-electron chi connectivity index (χ2n) is 6.19. The third kappa shape index (κ3) is 3.68. The summed E-state index contributed by atoms with van der Waals surface area (Å²) < 4.78 is 7.35. The molecule has 1 unspecified atom stereocenters. The van der Waals surface area contributed by atoms with Gasteiger partial charge in [-0.2, -0.15) is 5.10 Å². The Hall–Kier alpha value is -3.19. The summed E-state index contributed by atoms with van der Waals surface area (Å²) in [4.78, 5) is 16.9. The van der Waals surface area contributed by atoms with Gasteiger partial charge >= 0.3 is 0 Å². The highest BCUT2D eigenvalue weighted by Crippen LogP contribution is 2.25. The number of aromatic nitrogens is 3. The van der Waals surface area contributed by atoms with Gasteiger partial charge in [0.15, 0.2) is 0 Å². The molecule has 0 aliphatic rings. The number of amides is 1. The molecule has 6 nitrogen and oxygen atoms in total. The van der Waals surface area contributed by atoms with Gasteiger partial charge in [0.25, 0.3) is 5.91 Å². The van der Waals surface area contributed by atoms with Gasteiger partial charge in [0.2, 0.25) is 0 Å². The zero-order valence-corrected chi connectivity index (χ0v) is 15.7. The lowest BCUT2D eigenvalue weighted by atomic mass is 10.2. The van der Waals surface area contributed by atoms with Crippen LogP contribution in [0, 0.1) is 6.92 Å². The Balaban J connectivity index is 1.48. The number of benzene rings is 1. The molecule has 0 aliphatic heterocycles. The summed E-state index contributed by atoms with van der Waals surface area (Å²) in [6.07, 6.45) is 3.66. The van der Waals surface area contributed by atoms with Gasteiger partial charge < -0.3 is 9.73 Å². The van der Waals surface area contributed by atoms with Gasteiger partial charge in [-0.1, -0.05) is 18.2 Å². The van der Waals surface area contributed by atoms with Gasteiger partial charge in [0.05, 0.1) is 17.9 Å². The van der Waals surface area contributed by atoms with Gasteiger partial charge in [0, 0.05) is 17.1 Å². The third-order valence-corrected chi connectivity index (χ3v) is 5.01. The van der Waals surface area contributed by atoms with Crippen LogP contribution < -0.4 is 5.32 Å². The first-order valence-electron chi connectivity index (χ1n) is 8.53. The molecule has 0 bridgehead atoms. The molecular formula is C20H18N4O2S. The molecule has 7 heteroatoms. The standard InChI is InChI=1S/C20H18N4O2S/c1-13-8-9-18(26-13)14(2)22-19(25)17-12-27-20(23-17)15-10-21-24(11-15)16-6-4-3-5-7-16/h3-12,14H,1-2H3,(H,22,25). The molecule has 3 heterocycles. The summed E-state index contributed by atoms with van der Waals surface area (Å²) in [6, 6.07) is 13.4. The molecule has 0 fully saturated rings. The fourth-order valence-electron chi connectivity index (χ4n) is 2.69. The monoisotopic (exact) mass is 378 g/mol. The minimum atomic E-state index is -0.227. The lowest BCUT2D eigenvalue weighted by Crippen LogP contribution is -2.26. The number of rotatable bonds is 5. The SMILES string of the molecule is Cc1ccc(C(C)NC(=O)c2csc(-c3cnn(-c4ccccc4)c3)n2)o1. The average molecular weight is 378 g/mol. The van der Waals surface area contributed by atoms with Crippen LogP contribution in [-0.4, -0.2) is 20.7 Å². The van der Waals surface area contributed by atoms with Gasteiger partial charge in [-0.15, -0.1) is 11.3 Å². The van der Waals surface area contributed by atoms with Crippen molar-refractivity contribution >= 4 is 17.2 Å². The molecule has 0 saturated carbocycles. The molecule has 0 spiro atoms. The van der Waals surface area contributed by atoms with Crippen molar-refractivity contribution in [3.8, 4) is 16.3 Å². The Kier molecular flexibility index (Phi) is 4.60. The summed E-state index contributed by atoms with van der Waals surface area (Å²) in [6.45, 7) is 3.76. The molecule has 136 valence electrons. The maximum atomic E-state index is 12.5. The highest BCUT2D eigenvalue weighted by Gasteiger charge is 2.17. The van der Waals surface area contributed by atoms with Crippen LogP contribution in [0.3, 0.4) is 0 Å². The van der Waals surface area contributed by atoms with Crippen molar-refractivity contribution < 1.29 is 9.21 Å². The van der Waals surface area contributed by atoms with Crippen LogP contribution in [0.2, 0.25) is 0 Å². The van der Waals surface area contributed by atoms with Crippen molar-refractivity contribution in [1.82, 2.24) is 20.1 Å². The quantitative estimate of drug-likeness (QED) is 0.559. The summed E-state index contributed by atoms with van der Waals surface area (Å²) in [5, 5.41) is 9.80. The highest BCUT2D eigenvalue weighted by atomic mass is 32.1. The number of carbonyl (C=O) groups excluding carboxylic acids is 1. The van der Waals surface area contributed by atoms with E-state index in [1.54, 1.807) is 16.3 Å². The minimum absolute atomic E-state index is 0.225. The smallest absolute Gasteiger partial charge is 0.271 e. The number of carbonyl (C=O) groups is 1. The summed E-state index contributed by atoms with van der Waals surface area (Å²) in [7, 11) is 0. The van der Waals surface area contributed by atoms with Crippen molar-refractivity contribution in [1.29, 1.82) is 0 Å². The zero-order valence-electron chi connectivity index (χ0n) is 14.9. The van der Waals surface area contributed by atoms with E-state index < -0.39 is 0 Å². The Morgan fingerprint density at radius 3 is 2.78 bits per heavy atom. The summed E-state index contributed by atoms with van der Waals surface area (Å²) in [5.74, 6) is 1.31. The maximum Gasteiger partial charge on any atom is 0.271 e. The zero-order chi connectivity index (χ0) is 18.8. The van der Waals surface area contributed by atoms with E-state index >= 15 is 0 Å². The van der Waals surface area contributed by atoms with Gasteiger partial charge in [-0.3, -0.25) is 4.79 Å². The fraction of sp³-hybridized carbons (Fsp3) is 0.150. The number of para-hydroxylation sites is 1. The van der Waals surface area contributed by atoms with E-state index in [0.717, 1.165) is 27.8 Å². The lowest BCUT2D eigenvalue weighted by Gasteiger charge is -2.09. The normalized spacial score (nSPS) is 12.1. The molecule has 0 radical (unpaired) electrons. The Morgan fingerprint density at radius 1 is 1.22 bits per heavy atom. The number of furan rings is 1. The first-order chi connectivity index (χ1) is 13.1. The second kappa shape index (κ2) is 7.20. The van der Waals surface area contributed by atoms with Gasteiger partial charge in [-0.25, -0.2) is 9.67 Å². The molecule has 1 aromatic carbocycles. The largest absolute Gasteiger partial charge is 0.464 e. The van der Waals surface area contributed by atoms with E-state index in [0.29, 0.717) is 5.69 Å².